The smallest absolute Gasteiger partial charge is 0.0845 e. The maximum atomic E-state index is 9.08. The van der Waals surface area contributed by atoms with E-state index in [1.54, 1.807) is 12.3 Å². The van der Waals surface area contributed by atoms with Crippen LogP contribution in [0, 0.1) is 0 Å². The zero-order valence-electron chi connectivity index (χ0n) is 9.86. The van der Waals surface area contributed by atoms with Gasteiger partial charge in [-0.25, -0.2) is 0 Å². The summed E-state index contributed by atoms with van der Waals surface area (Å²) in [6.45, 7) is 1.52. The number of rotatable bonds is 4. The van der Waals surface area contributed by atoms with Crippen LogP contribution in [0.1, 0.15) is 23.7 Å². The molecule has 1 atom stereocenters. The molecule has 18 heavy (non-hydrogen) atoms. The Labute approximate surface area is 110 Å². The summed E-state index contributed by atoms with van der Waals surface area (Å²) in [5.74, 6) is 0. The number of halogens is 1. The molecule has 6 heteroatoms. The van der Waals surface area contributed by atoms with Gasteiger partial charge in [0.1, 0.15) is 0 Å². The van der Waals surface area contributed by atoms with Gasteiger partial charge in [-0.15, -0.1) is 0 Å². The summed E-state index contributed by atoms with van der Waals surface area (Å²) in [4.78, 5) is 4.33. The highest BCUT2D eigenvalue weighted by Gasteiger charge is 2.15. The second kappa shape index (κ2) is 6.26. The predicted molar refractivity (Wildman–Crippen MR) is 69.5 cm³/mol. The summed E-state index contributed by atoms with van der Waals surface area (Å²) < 4.78 is 0. The lowest BCUT2D eigenvalue weighted by Crippen LogP contribution is -2.22. The monoisotopic (exact) mass is 269 g/mol. The van der Waals surface area contributed by atoms with Crippen LogP contribution in [0.2, 0.25) is 5.02 Å². The topological polar surface area (TPSA) is 77.4 Å². The van der Waals surface area contributed by atoms with Crippen molar-refractivity contribution in [3.63, 3.8) is 0 Å². The minimum Gasteiger partial charge on any atom is -0.394 e. The third kappa shape index (κ3) is 2.88. The predicted octanol–water partition coefficient (Wildman–Crippen LogP) is 1.12. The first kappa shape index (κ1) is 13.5. The van der Waals surface area contributed by atoms with Crippen LogP contribution in [-0.4, -0.2) is 35.0 Å². The van der Waals surface area contributed by atoms with Gasteiger partial charge in [0.05, 0.1) is 23.4 Å². The molecule has 2 rings (SSSR count). The molecule has 0 aromatic carbocycles. The van der Waals surface area contributed by atoms with Gasteiger partial charge < -0.3 is 15.6 Å². The minimum absolute atomic E-state index is 0.222. The van der Waals surface area contributed by atoms with E-state index >= 15 is 0 Å². The molecule has 4 N–H and O–H groups in total. The number of hydroxylamine groups is 1. The first-order valence-corrected chi connectivity index (χ1v) is 6.20. The number of pyridine rings is 1. The highest BCUT2D eigenvalue weighted by molar-refractivity contribution is 6.32. The first-order valence-electron chi connectivity index (χ1n) is 5.82. The standard InChI is InChI=1S/C12H16ClN3O2/c13-10-5-9(11(7-17)16-18)6-15-12(10)8-1-3-14-4-2-8/h1,5-6,11,14,16-18H,2-4,7H2/t11-/m1/s1. The van der Waals surface area contributed by atoms with Crippen LogP contribution in [0.15, 0.2) is 18.3 Å². The molecule has 1 aliphatic heterocycles. The molecular formula is C12H16ClN3O2. The van der Waals surface area contributed by atoms with Crippen molar-refractivity contribution < 1.29 is 10.3 Å². The van der Waals surface area contributed by atoms with Crippen LogP contribution in [0.25, 0.3) is 5.57 Å². The average Bonchev–Trinajstić information content (AvgIpc) is 2.41. The van der Waals surface area contributed by atoms with Crippen molar-refractivity contribution in [3.8, 4) is 0 Å². The van der Waals surface area contributed by atoms with Gasteiger partial charge in [0, 0.05) is 12.7 Å². The Hall–Kier alpha value is -0.980. The fourth-order valence-electron chi connectivity index (χ4n) is 1.94. The third-order valence-electron chi connectivity index (χ3n) is 2.97. The van der Waals surface area contributed by atoms with Crippen molar-refractivity contribution in [2.24, 2.45) is 0 Å². The molecule has 0 saturated heterocycles. The molecular weight excluding hydrogens is 254 g/mol. The number of aliphatic hydroxyl groups is 1. The van der Waals surface area contributed by atoms with E-state index in [-0.39, 0.29) is 6.61 Å². The van der Waals surface area contributed by atoms with Crippen LogP contribution in [0.3, 0.4) is 0 Å². The van der Waals surface area contributed by atoms with Crippen LogP contribution in [0.5, 0.6) is 0 Å². The number of aromatic nitrogens is 1. The average molecular weight is 270 g/mol. The Balaban J connectivity index is 2.27. The lowest BCUT2D eigenvalue weighted by molar-refractivity contribution is 0.0904. The molecule has 1 aromatic rings. The van der Waals surface area contributed by atoms with Gasteiger partial charge in [0.25, 0.3) is 0 Å². The van der Waals surface area contributed by atoms with Gasteiger partial charge in [-0.05, 0) is 30.2 Å². The summed E-state index contributed by atoms with van der Waals surface area (Å²) in [6, 6.07) is 1.16. The van der Waals surface area contributed by atoms with Crippen LogP contribution < -0.4 is 10.8 Å². The van der Waals surface area contributed by atoms with E-state index in [1.165, 1.54) is 0 Å². The Bertz CT molecular complexity index is 447. The summed E-state index contributed by atoms with van der Waals surface area (Å²) in [7, 11) is 0. The minimum atomic E-state index is -0.564. The molecule has 0 spiro atoms. The molecule has 0 aliphatic carbocycles. The summed E-state index contributed by atoms with van der Waals surface area (Å²) in [5, 5.41) is 21.7. The lowest BCUT2D eigenvalue weighted by atomic mass is 10.0. The van der Waals surface area contributed by atoms with E-state index in [0.29, 0.717) is 10.6 Å². The van der Waals surface area contributed by atoms with Crippen molar-refractivity contribution in [1.82, 2.24) is 15.8 Å². The van der Waals surface area contributed by atoms with E-state index in [2.05, 4.69) is 16.4 Å². The van der Waals surface area contributed by atoms with Crippen molar-refractivity contribution in [2.75, 3.05) is 19.7 Å². The van der Waals surface area contributed by atoms with E-state index < -0.39 is 6.04 Å². The first-order chi connectivity index (χ1) is 8.76. The van der Waals surface area contributed by atoms with Crippen LogP contribution in [-0.2, 0) is 0 Å². The van der Waals surface area contributed by atoms with Crippen molar-refractivity contribution >= 4 is 17.2 Å². The van der Waals surface area contributed by atoms with Crippen molar-refractivity contribution in [1.29, 1.82) is 0 Å². The normalized spacial score (nSPS) is 17.4. The van der Waals surface area contributed by atoms with E-state index in [9.17, 15) is 0 Å². The Morgan fingerprint density at radius 2 is 2.39 bits per heavy atom. The molecule has 0 saturated carbocycles. The Morgan fingerprint density at radius 3 is 2.94 bits per heavy atom. The largest absolute Gasteiger partial charge is 0.394 e. The second-order valence-corrected chi connectivity index (χ2v) is 4.55. The summed E-state index contributed by atoms with van der Waals surface area (Å²) in [5.41, 5.74) is 4.58. The molecule has 0 unspecified atom stereocenters. The third-order valence-corrected chi connectivity index (χ3v) is 3.26. The SMILES string of the molecule is OC[C@@H](NO)c1cnc(C2=CCNCC2)c(Cl)c1. The molecule has 0 amide bonds. The number of hydrogen-bond donors (Lipinski definition) is 4. The molecule has 0 radical (unpaired) electrons. The summed E-state index contributed by atoms with van der Waals surface area (Å²) >= 11 is 6.21. The highest BCUT2D eigenvalue weighted by Crippen LogP contribution is 2.27. The molecule has 5 nitrogen and oxygen atoms in total. The number of nitrogens with one attached hydrogen (secondary N) is 2. The highest BCUT2D eigenvalue weighted by atomic mass is 35.5. The lowest BCUT2D eigenvalue weighted by Gasteiger charge is -2.17. The fraction of sp³-hybridized carbons (Fsp3) is 0.417. The Morgan fingerprint density at radius 1 is 1.56 bits per heavy atom. The van der Waals surface area contributed by atoms with Gasteiger partial charge in [-0.3, -0.25) is 4.98 Å². The molecule has 1 aromatic heterocycles. The Kier molecular flexibility index (Phi) is 4.68. The maximum absolute atomic E-state index is 9.08. The molecule has 0 fully saturated rings. The quantitative estimate of drug-likeness (QED) is 0.617. The van der Waals surface area contributed by atoms with Gasteiger partial charge in [0.15, 0.2) is 0 Å². The van der Waals surface area contributed by atoms with E-state index in [1.807, 2.05) is 5.48 Å². The second-order valence-electron chi connectivity index (χ2n) is 4.15. The van der Waals surface area contributed by atoms with Crippen molar-refractivity contribution in [3.05, 3.63) is 34.6 Å². The molecule has 0 bridgehead atoms. The van der Waals surface area contributed by atoms with Crippen LogP contribution in [0.4, 0.5) is 0 Å². The molecule has 1 aliphatic rings. The fourth-order valence-corrected chi connectivity index (χ4v) is 2.23. The van der Waals surface area contributed by atoms with Gasteiger partial charge in [0.2, 0.25) is 0 Å². The van der Waals surface area contributed by atoms with Gasteiger partial charge in [-0.2, -0.15) is 5.48 Å². The van der Waals surface area contributed by atoms with E-state index in [0.717, 1.165) is 30.8 Å². The molecule has 2 heterocycles. The van der Waals surface area contributed by atoms with Crippen LogP contribution >= 0.6 is 11.6 Å². The van der Waals surface area contributed by atoms with Crippen molar-refractivity contribution in [2.45, 2.75) is 12.5 Å². The van der Waals surface area contributed by atoms with Gasteiger partial charge in [-0.1, -0.05) is 17.7 Å². The number of hydrogen-bond acceptors (Lipinski definition) is 5. The van der Waals surface area contributed by atoms with Gasteiger partial charge >= 0.3 is 0 Å². The number of nitrogens with zero attached hydrogens (tertiary/aromatic N) is 1. The summed E-state index contributed by atoms with van der Waals surface area (Å²) in [6.07, 6.45) is 4.59. The number of aliphatic hydroxyl groups excluding tert-OH is 1. The maximum Gasteiger partial charge on any atom is 0.0845 e. The zero-order valence-corrected chi connectivity index (χ0v) is 10.6. The molecule has 98 valence electrons. The zero-order chi connectivity index (χ0) is 13.0. The van der Waals surface area contributed by atoms with E-state index in [4.69, 9.17) is 21.9 Å².